The molecule has 0 aliphatic heterocycles. The smallest absolute Gasteiger partial charge is 0.462 e. The Morgan fingerprint density at radius 1 is 0.596 bits per heavy atom. The molecule has 0 radical (unpaired) electrons. The molecule has 0 bridgehead atoms. The van der Waals surface area contributed by atoms with Gasteiger partial charge < -0.3 is 24.6 Å². The standard InChI is InChI=1S/C41H65O10P/c1-3-5-7-9-11-13-15-17-18-19-21-22-24-26-28-30-32-40(44)48-36-39(37-50-52(46,47)49-35-38(43)34-42)51-41(45)33-31-29-27-25-23-20-16-14-12-10-8-6-4-2/h5-8,10-14,16-18,21-22,26,28,38-39,42-43H,3-4,9,15,19-20,23-25,27,29-37H2,1-2H3,(H,46,47)/b7-5+,8-6+,12-10+,13-11+,16-14+,18-17+,22-21+,28-26+/t38-,39?/m0/s1. The van der Waals surface area contributed by atoms with Crippen LogP contribution in [-0.4, -0.2) is 65.7 Å². The number of esters is 2. The Morgan fingerprint density at radius 2 is 1.13 bits per heavy atom. The summed E-state index contributed by atoms with van der Waals surface area (Å²) in [4.78, 5) is 34.8. The zero-order valence-corrected chi connectivity index (χ0v) is 32.4. The molecule has 0 heterocycles. The van der Waals surface area contributed by atoms with Crippen molar-refractivity contribution in [3.8, 4) is 0 Å². The number of carbonyl (C=O) groups excluding carboxylic acids is 2. The summed E-state index contributed by atoms with van der Waals surface area (Å²) in [5, 5.41) is 18.3. The van der Waals surface area contributed by atoms with Gasteiger partial charge in [0.1, 0.15) is 12.7 Å². The summed E-state index contributed by atoms with van der Waals surface area (Å²) in [6.45, 7) is 1.97. The van der Waals surface area contributed by atoms with Crippen LogP contribution in [0.1, 0.15) is 110 Å². The first-order chi connectivity index (χ1) is 25.2. The van der Waals surface area contributed by atoms with Gasteiger partial charge in [0.15, 0.2) is 6.10 Å². The van der Waals surface area contributed by atoms with Crippen LogP contribution in [0.5, 0.6) is 0 Å². The van der Waals surface area contributed by atoms with E-state index in [0.717, 1.165) is 70.6 Å². The fourth-order valence-electron chi connectivity index (χ4n) is 4.22. The molecule has 0 fully saturated rings. The molecule has 0 aromatic carbocycles. The molecule has 3 atom stereocenters. The van der Waals surface area contributed by atoms with Gasteiger partial charge >= 0.3 is 19.8 Å². The quantitative estimate of drug-likeness (QED) is 0.0195. The average Bonchev–Trinajstić information content (AvgIpc) is 3.13. The summed E-state index contributed by atoms with van der Waals surface area (Å²) >= 11 is 0. The van der Waals surface area contributed by atoms with Gasteiger partial charge in [0.2, 0.25) is 0 Å². The Labute approximate surface area is 313 Å². The monoisotopic (exact) mass is 748 g/mol. The van der Waals surface area contributed by atoms with Gasteiger partial charge in [-0.2, -0.15) is 0 Å². The molecule has 0 aliphatic rings. The number of allylic oxidation sites excluding steroid dienone is 16. The summed E-state index contributed by atoms with van der Waals surface area (Å²) in [6.07, 6.45) is 42.5. The van der Waals surface area contributed by atoms with Crippen LogP contribution in [0.3, 0.4) is 0 Å². The lowest BCUT2D eigenvalue weighted by molar-refractivity contribution is -0.161. The first-order valence-corrected chi connectivity index (χ1v) is 20.2. The van der Waals surface area contributed by atoms with Crippen molar-refractivity contribution in [1.82, 2.24) is 0 Å². The Hall–Kier alpha value is -3.11. The number of rotatable bonds is 33. The highest BCUT2D eigenvalue weighted by Crippen LogP contribution is 2.43. The third kappa shape index (κ3) is 35.3. The maximum absolute atomic E-state index is 12.5. The van der Waals surface area contributed by atoms with Gasteiger partial charge in [-0.05, 0) is 64.2 Å². The van der Waals surface area contributed by atoms with Crippen molar-refractivity contribution in [2.45, 2.75) is 122 Å². The van der Waals surface area contributed by atoms with E-state index in [1.165, 1.54) is 0 Å². The predicted octanol–water partition coefficient (Wildman–Crippen LogP) is 9.27. The number of hydrogen-bond acceptors (Lipinski definition) is 9. The zero-order valence-electron chi connectivity index (χ0n) is 31.5. The second-order valence-electron chi connectivity index (χ2n) is 11.9. The molecule has 0 aliphatic carbocycles. The van der Waals surface area contributed by atoms with Gasteiger partial charge in [-0.15, -0.1) is 0 Å². The molecule has 3 N–H and O–H groups in total. The number of phosphoric acid groups is 1. The number of aliphatic hydroxyl groups excluding tert-OH is 2. The summed E-state index contributed by atoms with van der Waals surface area (Å²) in [5.74, 6) is -1.06. The lowest BCUT2D eigenvalue weighted by Gasteiger charge is -2.20. The summed E-state index contributed by atoms with van der Waals surface area (Å²) < 4.78 is 32.5. The van der Waals surface area contributed by atoms with E-state index in [1.807, 2.05) is 36.5 Å². The fraction of sp³-hybridized carbons (Fsp3) is 0.561. The molecule has 52 heavy (non-hydrogen) atoms. The van der Waals surface area contributed by atoms with E-state index in [-0.39, 0.29) is 19.4 Å². The highest BCUT2D eigenvalue weighted by atomic mass is 31.2. The van der Waals surface area contributed by atoms with Crippen molar-refractivity contribution in [1.29, 1.82) is 0 Å². The summed E-state index contributed by atoms with van der Waals surface area (Å²) in [7, 11) is -4.64. The van der Waals surface area contributed by atoms with Gasteiger partial charge in [-0.3, -0.25) is 18.6 Å². The van der Waals surface area contributed by atoms with Crippen molar-refractivity contribution in [2.75, 3.05) is 26.4 Å². The molecule has 0 saturated heterocycles. The van der Waals surface area contributed by atoms with E-state index in [0.29, 0.717) is 12.8 Å². The summed E-state index contributed by atoms with van der Waals surface area (Å²) in [5.41, 5.74) is 0. The highest BCUT2D eigenvalue weighted by Gasteiger charge is 2.27. The Bertz CT molecular complexity index is 1180. The van der Waals surface area contributed by atoms with Gasteiger partial charge in [0.25, 0.3) is 0 Å². The van der Waals surface area contributed by atoms with E-state index in [4.69, 9.17) is 19.1 Å². The van der Waals surface area contributed by atoms with Crippen molar-refractivity contribution >= 4 is 19.8 Å². The molecule has 11 heteroatoms. The third-order valence-corrected chi connectivity index (χ3v) is 8.01. The Balaban J connectivity index is 4.55. The fourth-order valence-corrected chi connectivity index (χ4v) is 5.01. The zero-order chi connectivity index (χ0) is 38.4. The third-order valence-electron chi connectivity index (χ3n) is 7.06. The number of hydrogen-bond donors (Lipinski definition) is 3. The average molecular weight is 749 g/mol. The van der Waals surface area contributed by atoms with E-state index in [1.54, 1.807) is 0 Å². The molecule has 0 aromatic rings. The van der Waals surface area contributed by atoms with Crippen LogP contribution >= 0.6 is 7.82 Å². The van der Waals surface area contributed by atoms with E-state index in [9.17, 15) is 24.2 Å². The van der Waals surface area contributed by atoms with Crippen molar-refractivity contribution in [3.05, 3.63) is 97.2 Å². The lowest BCUT2D eigenvalue weighted by atomic mass is 10.1. The Morgan fingerprint density at radius 3 is 1.75 bits per heavy atom. The second-order valence-corrected chi connectivity index (χ2v) is 13.3. The summed E-state index contributed by atoms with van der Waals surface area (Å²) in [6, 6.07) is 0. The van der Waals surface area contributed by atoms with Gasteiger partial charge in [0, 0.05) is 12.8 Å². The van der Waals surface area contributed by atoms with Gasteiger partial charge in [-0.1, -0.05) is 130 Å². The maximum atomic E-state index is 12.5. The number of carbonyl (C=O) groups is 2. The van der Waals surface area contributed by atoms with Gasteiger partial charge in [0.05, 0.1) is 19.8 Å². The second kappa shape index (κ2) is 36.3. The molecular formula is C41H65O10P. The maximum Gasteiger partial charge on any atom is 0.472 e. The van der Waals surface area contributed by atoms with E-state index >= 15 is 0 Å². The molecule has 10 nitrogen and oxygen atoms in total. The first-order valence-electron chi connectivity index (χ1n) is 18.7. The minimum atomic E-state index is -4.64. The molecule has 2 unspecified atom stereocenters. The number of phosphoric ester groups is 1. The predicted molar refractivity (Wildman–Crippen MR) is 209 cm³/mol. The van der Waals surface area contributed by atoms with Crippen molar-refractivity contribution in [2.24, 2.45) is 0 Å². The normalized spacial score (nSPS) is 15.1. The number of aliphatic hydroxyl groups is 2. The number of unbranched alkanes of at least 4 members (excludes halogenated alkanes) is 5. The highest BCUT2D eigenvalue weighted by molar-refractivity contribution is 7.47. The largest absolute Gasteiger partial charge is 0.472 e. The minimum absolute atomic E-state index is 0.107. The topological polar surface area (TPSA) is 149 Å². The molecule has 0 saturated carbocycles. The van der Waals surface area contributed by atoms with Crippen LogP contribution in [0.15, 0.2) is 97.2 Å². The first kappa shape index (κ1) is 48.9. The SMILES string of the molecule is CC/C=C/C=C/C=C/CCCCCCCC(=O)OC(COC(=O)CC/C=C/C/C=C/C/C=C/C/C=C/C/C=C/CC)COP(=O)(O)OC[C@@H](O)CO. The van der Waals surface area contributed by atoms with Crippen LogP contribution in [0.2, 0.25) is 0 Å². The molecule has 0 aromatic heterocycles. The molecule has 0 amide bonds. The Kier molecular flexibility index (Phi) is 34.1. The van der Waals surface area contributed by atoms with Crippen LogP contribution in [-0.2, 0) is 32.7 Å². The molecule has 0 spiro atoms. The van der Waals surface area contributed by atoms with Crippen molar-refractivity contribution in [3.63, 3.8) is 0 Å². The van der Waals surface area contributed by atoms with Crippen LogP contribution in [0, 0.1) is 0 Å². The molecule has 294 valence electrons. The van der Waals surface area contributed by atoms with Crippen LogP contribution < -0.4 is 0 Å². The van der Waals surface area contributed by atoms with Crippen LogP contribution in [0.4, 0.5) is 0 Å². The number of ether oxygens (including phenoxy) is 2. The van der Waals surface area contributed by atoms with Crippen molar-refractivity contribution < 1.29 is 47.8 Å². The molecule has 0 rings (SSSR count). The van der Waals surface area contributed by atoms with E-state index in [2.05, 4.69) is 79.1 Å². The van der Waals surface area contributed by atoms with E-state index < -0.39 is 51.8 Å². The minimum Gasteiger partial charge on any atom is -0.462 e. The molecular weight excluding hydrogens is 683 g/mol. The van der Waals surface area contributed by atoms with Gasteiger partial charge in [-0.25, -0.2) is 4.57 Å². The lowest BCUT2D eigenvalue weighted by Crippen LogP contribution is -2.29. The van der Waals surface area contributed by atoms with Crippen LogP contribution in [0.25, 0.3) is 0 Å².